The van der Waals surface area contributed by atoms with E-state index in [2.05, 4.69) is 22.0 Å². The molecule has 0 spiro atoms. The molecule has 1 N–H and O–H groups in total. The van der Waals surface area contributed by atoms with Gasteiger partial charge in [-0.1, -0.05) is 50.4 Å². The molecule has 1 amide bonds. The Morgan fingerprint density at radius 2 is 2.13 bits per heavy atom. The number of nitrogens with one attached hydrogen (secondary N) is 1. The summed E-state index contributed by atoms with van der Waals surface area (Å²) in [7, 11) is 0. The lowest BCUT2D eigenvalue weighted by Gasteiger charge is -2.34. The van der Waals surface area contributed by atoms with Crippen LogP contribution >= 0.6 is 0 Å². The summed E-state index contributed by atoms with van der Waals surface area (Å²) in [5.41, 5.74) is 1.15. The second-order valence-electron chi connectivity index (χ2n) is 7.19. The van der Waals surface area contributed by atoms with E-state index in [-0.39, 0.29) is 17.9 Å². The third-order valence-corrected chi connectivity index (χ3v) is 4.98. The first-order valence-corrected chi connectivity index (χ1v) is 8.74. The normalized spacial score (nSPS) is 23.6. The van der Waals surface area contributed by atoms with Gasteiger partial charge in [-0.2, -0.15) is 0 Å². The van der Waals surface area contributed by atoms with Gasteiger partial charge in [0.1, 0.15) is 5.76 Å². The average Bonchev–Trinajstić information content (AvgIpc) is 3.15. The van der Waals surface area contributed by atoms with Gasteiger partial charge in [-0.3, -0.25) is 9.69 Å². The highest BCUT2D eigenvalue weighted by atomic mass is 16.5. The first kappa shape index (κ1) is 16.2. The molecular formula is C18H27N3O2. The van der Waals surface area contributed by atoms with Crippen molar-refractivity contribution in [1.82, 2.24) is 10.1 Å². The lowest BCUT2D eigenvalue weighted by molar-refractivity contribution is -0.121. The maximum atomic E-state index is 12.7. The lowest BCUT2D eigenvalue weighted by atomic mass is 9.93. The van der Waals surface area contributed by atoms with Crippen molar-refractivity contribution in [2.24, 2.45) is 0 Å². The molecule has 1 aromatic rings. The summed E-state index contributed by atoms with van der Waals surface area (Å²) in [5.74, 6) is 1.58. The van der Waals surface area contributed by atoms with E-state index in [0.717, 1.165) is 24.3 Å². The monoisotopic (exact) mass is 317 g/mol. The number of rotatable bonds is 4. The Morgan fingerprint density at radius 1 is 1.39 bits per heavy atom. The summed E-state index contributed by atoms with van der Waals surface area (Å²) in [6, 6.07) is 2.21. The number of anilines is 1. The molecule has 0 aromatic carbocycles. The molecule has 126 valence electrons. The Hall–Kier alpha value is -1.62. The minimum Gasteiger partial charge on any atom is -0.359 e. The quantitative estimate of drug-likeness (QED) is 0.860. The van der Waals surface area contributed by atoms with E-state index in [1.807, 2.05) is 19.9 Å². The smallest absolute Gasteiger partial charge is 0.243 e. The first-order valence-electron chi connectivity index (χ1n) is 8.74. The summed E-state index contributed by atoms with van der Waals surface area (Å²) < 4.78 is 5.26. The molecule has 1 saturated heterocycles. The van der Waals surface area contributed by atoms with Crippen LogP contribution in [0.4, 0.5) is 5.82 Å². The van der Waals surface area contributed by atoms with Gasteiger partial charge < -0.3 is 9.84 Å². The number of hydrogen-bond donors (Lipinski definition) is 1. The minimum absolute atomic E-state index is 0.0119. The van der Waals surface area contributed by atoms with Crippen LogP contribution in [-0.2, 0) is 4.79 Å². The SMILES string of the molecule is C=C1C[C@@H](C(=O)Nc2cc(C(C)C)on2)N(C2CCCCC2)C1. The van der Waals surface area contributed by atoms with Crippen LogP contribution in [0, 0.1) is 0 Å². The van der Waals surface area contributed by atoms with Crippen LogP contribution in [0.15, 0.2) is 22.7 Å². The molecule has 0 radical (unpaired) electrons. The lowest BCUT2D eigenvalue weighted by Crippen LogP contribution is -2.46. The van der Waals surface area contributed by atoms with Crippen molar-refractivity contribution in [3.8, 4) is 0 Å². The predicted molar refractivity (Wildman–Crippen MR) is 90.3 cm³/mol. The highest BCUT2D eigenvalue weighted by molar-refractivity contribution is 5.94. The molecule has 1 aliphatic carbocycles. The Morgan fingerprint density at radius 3 is 2.78 bits per heavy atom. The van der Waals surface area contributed by atoms with Gasteiger partial charge in [0.25, 0.3) is 0 Å². The summed E-state index contributed by atoms with van der Waals surface area (Å²) in [4.78, 5) is 15.1. The van der Waals surface area contributed by atoms with E-state index in [0.29, 0.717) is 11.9 Å². The molecule has 5 nitrogen and oxygen atoms in total. The number of carbonyl (C=O) groups is 1. The van der Waals surface area contributed by atoms with Crippen molar-refractivity contribution >= 4 is 11.7 Å². The van der Waals surface area contributed by atoms with Crippen molar-refractivity contribution in [2.45, 2.75) is 70.4 Å². The highest BCUT2D eigenvalue weighted by Crippen LogP contribution is 2.31. The fourth-order valence-electron chi connectivity index (χ4n) is 3.69. The number of carbonyl (C=O) groups excluding carboxylic acids is 1. The molecular weight excluding hydrogens is 290 g/mol. The highest BCUT2D eigenvalue weighted by Gasteiger charge is 2.37. The van der Waals surface area contributed by atoms with Gasteiger partial charge in [0.05, 0.1) is 6.04 Å². The second kappa shape index (κ2) is 6.87. The van der Waals surface area contributed by atoms with Crippen molar-refractivity contribution in [2.75, 3.05) is 11.9 Å². The Labute approximate surface area is 138 Å². The Kier molecular flexibility index (Phi) is 4.85. The van der Waals surface area contributed by atoms with E-state index in [9.17, 15) is 4.79 Å². The summed E-state index contributed by atoms with van der Waals surface area (Å²) in [6.07, 6.45) is 6.99. The van der Waals surface area contributed by atoms with Crippen molar-refractivity contribution < 1.29 is 9.32 Å². The molecule has 1 saturated carbocycles. The maximum Gasteiger partial charge on any atom is 0.243 e. The molecule has 2 fully saturated rings. The zero-order chi connectivity index (χ0) is 16.4. The van der Waals surface area contributed by atoms with Crippen LogP contribution in [0.2, 0.25) is 0 Å². The summed E-state index contributed by atoms with van der Waals surface area (Å²) >= 11 is 0. The molecule has 2 heterocycles. The van der Waals surface area contributed by atoms with Gasteiger partial charge in [0, 0.05) is 24.6 Å². The van der Waals surface area contributed by atoms with Gasteiger partial charge in [0.15, 0.2) is 5.82 Å². The molecule has 1 atom stereocenters. The summed E-state index contributed by atoms with van der Waals surface area (Å²) in [6.45, 7) is 9.04. The molecule has 23 heavy (non-hydrogen) atoms. The fraction of sp³-hybridized carbons (Fsp3) is 0.667. The van der Waals surface area contributed by atoms with Gasteiger partial charge in [-0.05, 0) is 19.3 Å². The van der Waals surface area contributed by atoms with E-state index >= 15 is 0 Å². The van der Waals surface area contributed by atoms with Crippen molar-refractivity contribution in [3.05, 3.63) is 24.0 Å². The van der Waals surface area contributed by atoms with Crippen LogP contribution in [0.3, 0.4) is 0 Å². The van der Waals surface area contributed by atoms with E-state index in [4.69, 9.17) is 4.52 Å². The van der Waals surface area contributed by atoms with E-state index in [1.54, 1.807) is 0 Å². The number of amides is 1. The largest absolute Gasteiger partial charge is 0.359 e. The van der Waals surface area contributed by atoms with Crippen molar-refractivity contribution in [1.29, 1.82) is 0 Å². The van der Waals surface area contributed by atoms with Crippen LogP contribution in [-0.4, -0.2) is 34.6 Å². The van der Waals surface area contributed by atoms with Crippen LogP contribution < -0.4 is 5.32 Å². The van der Waals surface area contributed by atoms with Gasteiger partial charge in [-0.15, -0.1) is 0 Å². The number of hydrogen-bond acceptors (Lipinski definition) is 4. The zero-order valence-corrected chi connectivity index (χ0v) is 14.2. The number of likely N-dealkylation sites (tertiary alicyclic amines) is 1. The molecule has 5 heteroatoms. The third-order valence-electron chi connectivity index (χ3n) is 4.98. The zero-order valence-electron chi connectivity index (χ0n) is 14.2. The average molecular weight is 317 g/mol. The third kappa shape index (κ3) is 3.66. The van der Waals surface area contributed by atoms with Crippen molar-refractivity contribution in [3.63, 3.8) is 0 Å². The molecule has 3 rings (SSSR count). The summed E-state index contributed by atoms with van der Waals surface area (Å²) in [5, 5.41) is 6.88. The predicted octanol–water partition coefficient (Wildman–Crippen LogP) is 3.70. The van der Waals surface area contributed by atoms with E-state index in [1.165, 1.54) is 32.1 Å². The number of aromatic nitrogens is 1. The molecule has 2 aliphatic rings. The van der Waals surface area contributed by atoms with Crippen LogP contribution in [0.1, 0.15) is 64.1 Å². The van der Waals surface area contributed by atoms with Gasteiger partial charge >= 0.3 is 0 Å². The minimum atomic E-state index is -0.121. The Balaban J connectivity index is 1.67. The second-order valence-corrected chi connectivity index (χ2v) is 7.19. The first-order chi connectivity index (χ1) is 11.0. The van der Waals surface area contributed by atoms with Gasteiger partial charge in [-0.25, -0.2) is 0 Å². The topological polar surface area (TPSA) is 58.4 Å². The van der Waals surface area contributed by atoms with Gasteiger partial charge in [0.2, 0.25) is 5.91 Å². The fourth-order valence-corrected chi connectivity index (χ4v) is 3.69. The Bertz CT molecular complexity index is 573. The molecule has 0 bridgehead atoms. The standard InChI is InChI=1S/C18H27N3O2/c1-12(2)16-10-17(20-23-16)19-18(22)15-9-13(3)11-21(15)14-7-5-4-6-8-14/h10,12,14-15H,3-9,11H2,1-2H3,(H,19,20,22)/t15-/m0/s1. The number of nitrogens with zero attached hydrogens (tertiary/aromatic N) is 2. The maximum absolute atomic E-state index is 12.7. The van der Waals surface area contributed by atoms with E-state index < -0.39 is 0 Å². The molecule has 1 aromatic heterocycles. The molecule has 1 aliphatic heterocycles. The molecule has 0 unspecified atom stereocenters. The van der Waals surface area contributed by atoms with Crippen LogP contribution in [0.5, 0.6) is 0 Å². The van der Waals surface area contributed by atoms with Crippen LogP contribution in [0.25, 0.3) is 0 Å².